The average molecular weight is 176 g/mol. The second-order valence-corrected chi connectivity index (χ2v) is 3.47. The minimum Gasteiger partial charge on any atom is -0.344 e. The molecule has 1 saturated carbocycles. The monoisotopic (exact) mass is 175 g/mol. The molecule has 0 aliphatic heterocycles. The SMILES string of the molecule is CN(CC1CCC1)C(=O)CCl. The Balaban J connectivity index is 2.18. The van der Waals surface area contributed by atoms with Crippen molar-refractivity contribution in [1.29, 1.82) is 0 Å². The first-order valence-electron chi connectivity index (χ1n) is 4.04. The first-order chi connectivity index (χ1) is 5.24. The zero-order valence-electron chi connectivity index (χ0n) is 6.85. The van der Waals surface area contributed by atoms with E-state index in [4.69, 9.17) is 11.6 Å². The topological polar surface area (TPSA) is 20.3 Å². The van der Waals surface area contributed by atoms with Crippen LogP contribution in [0.15, 0.2) is 0 Å². The van der Waals surface area contributed by atoms with Crippen molar-refractivity contribution in [1.82, 2.24) is 4.90 Å². The Bertz CT molecular complexity index is 145. The predicted octanol–water partition coefficient (Wildman–Crippen LogP) is 1.48. The predicted molar refractivity (Wildman–Crippen MR) is 45.7 cm³/mol. The van der Waals surface area contributed by atoms with Crippen molar-refractivity contribution >= 4 is 17.5 Å². The van der Waals surface area contributed by atoms with Gasteiger partial charge in [-0.15, -0.1) is 11.6 Å². The van der Waals surface area contributed by atoms with Crippen LogP contribution in [0.1, 0.15) is 19.3 Å². The van der Waals surface area contributed by atoms with Crippen molar-refractivity contribution in [3.8, 4) is 0 Å². The second kappa shape index (κ2) is 3.96. The highest BCUT2D eigenvalue weighted by molar-refractivity contribution is 6.27. The van der Waals surface area contributed by atoms with E-state index in [-0.39, 0.29) is 11.8 Å². The van der Waals surface area contributed by atoms with E-state index >= 15 is 0 Å². The lowest BCUT2D eigenvalue weighted by atomic mass is 9.85. The molecule has 1 aliphatic carbocycles. The first-order valence-corrected chi connectivity index (χ1v) is 4.57. The smallest absolute Gasteiger partial charge is 0.237 e. The number of halogens is 1. The van der Waals surface area contributed by atoms with Crippen molar-refractivity contribution in [3.63, 3.8) is 0 Å². The van der Waals surface area contributed by atoms with Gasteiger partial charge >= 0.3 is 0 Å². The molecule has 0 unspecified atom stereocenters. The molecule has 3 heteroatoms. The standard InChI is InChI=1S/C8H14ClNO/c1-10(8(11)5-9)6-7-3-2-4-7/h7H,2-6H2,1H3. The van der Waals surface area contributed by atoms with Crippen molar-refractivity contribution in [2.24, 2.45) is 5.92 Å². The van der Waals surface area contributed by atoms with Crippen molar-refractivity contribution in [2.75, 3.05) is 19.5 Å². The molecule has 0 saturated heterocycles. The van der Waals surface area contributed by atoms with E-state index in [9.17, 15) is 4.79 Å². The Labute approximate surface area is 72.5 Å². The highest BCUT2D eigenvalue weighted by Gasteiger charge is 2.20. The van der Waals surface area contributed by atoms with Gasteiger partial charge < -0.3 is 4.90 Å². The summed E-state index contributed by atoms with van der Waals surface area (Å²) >= 11 is 5.40. The molecule has 0 N–H and O–H groups in total. The number of nitrogens with zero attached hydrogens (tertiary/aromatic N) is 1. The summed E-state index contributed by atoms with van der Waals surface area (Å²) in [5.41, 5.74) is 0. The lowest BCUT2D eigenvalue weighted by Gasteiger charge is -2.29. The van der Waals surface area contributed by atoms with Crippen LogP contribution < -0.4 is 0 Å². The maximum absolute atomic E-state index is 11.0. The van der Waals surface area contributed by atoms with E-state index in [2.05, 4.69) is 0 Å². The Hall–Kier alpha value is -0.240. The maximum Gasteiger partial charge on any atom is 0.237 e. The third-order valence-corrected chi connectivity index (χ3v) is 2.53. The van der Waals surface area contributed by atoms with Gasteiger partial charge in [0.1, 0.15) is 5.88 Å². The fourth-order valence-electron chi connectivity index (χ4n) is 1.27. The van der Waals surface area contributed by atoms with Crippen LogP contribution in [0.5, 0.6) is 0 Å². The van der Waals surface area contributed by atoms with E-state index in [1.54, 1.807) is 4.90 Å². The highest BCUT2D eigenvalue weighted by Crippen LogP contribution is 2.26. The second-order valence-electron chi connectivity index (χ2n) is 3.20. The molecule has 2 nitrogen and oxygen atoms in total. The largest absolute Gasteiger partial charge is 0.344 e. The number of alkyl halides is 1. The number of carbonyl (C=O) groups is 1. The number of hydrogen-bond acceptors (Lipinski definition) is 1. The first kappa shape index (κ1) is 8.85. The molecule has 0 bridgehead atoms. The number of amides is 1. The minimum absolute atomic E-state index is 0.0403. The molecule has 1 rings (SSSR count). The maximum atomic E-state index is 11.0. The van der Waals surface area contributed by atoms with Gasteiger partial charge in [0.25, 0.3) is 0 Å². The number of hydrogen-bond donors (Lipinski definition) is 0. The molecule has 64 valence electrons. The fourth-order valence-corrected chi connectivity index (χ4v) is 1.47. The van der Waals surface area contributed by atoms with Crippen LogP contribution in [0, 0.1) is 5.92 Å². The van der Waals surface area contributed by atoms with Gasteiger partial charge in [0.2, 0.25) is 5.91 Å². The molecule has 0 radical (unpaired) electrons. The molecular weight excluding hydrogens is 162 g/mol. The highest BCUT2D eigenvalue weighted by atomic mass is 35.5. The average Bonchev–Trinajstić information content (AvgIpc) is 1.94. The van der Waals surface area contributed by atoms with Gasteiger partial charge in [-0.3, -0.25) is 4.79 Å². The zero-order valence-corrected chi connectivity index (χ0v) is 7.60. The van der Waals surface area contributed by atoms with Crippen LogP contribution in [-0.4, -0.2) is 30.3 Å². The van der Waals surface area contributed by atoms with Gasteiger partial charge in [0.15, 0.2) is 0 Å². The summed E-state index contributed by atoms with van der Waals surface area (Å²) in [4.78, 5) is 12.7. The van der Waals surface area contributed by atoms with Crippen LogP contribution >= 0.6 is 11.6 Å². The van der Waals surface area contributed by atoms with Crippen LogP contribution in [0.2, 0.25) is 0 Å². The van der Waals surface area contributed by atoms with Gasteiger partial charge in [0, 0.05) is 13.6 Å². The van der Waals surface area contributed by atoms with Gasteiger partial charge in [0.05, 0.1) is 0 Å². The fraction of sp³-hybridized carbons (Fsp3) is 0.875. The molecule has 0 heterocycles. The summed E-state index contributed by atoms with van der Waals surface area (Å²) in [6.07, 6.45) is 3.88. The van der Waals surface area contributed by atoms with Gasteiger partial charge in [-0.2, -0.15) is 0 Å². The van der Waals surface area contributed by atoms with Gasteiger partial charge in [-0.05, 0) is 18.8 Å². The van der Waals surface area contributed by atoms with Gasteiger partial charge in [-0.1, -0.05) is 6.42 Å². The molecule has 0 aromatic heterocycles. The summed E-state index contributed by atoms with van der Waals surface area (Å²) in [5, 5.41) is 0. The van der Waals surface area contributed by atoms with Crippen molar-refractivity contribution in [3.05, 3.63) is 0 Å². The Kier molecular flexibility index (Phi) is 3.18. The van der Waals surface area contributed by atoms with Crippen LogP contribution in [0.4, 0.5) is 0 Å². The third kappa shape index (κ3) is 2.37. The molecule has 0 spiro atoms. The Morgan fingerprint density at radius 1 is 1.64 bits per heavy atom. The molecule has 0 aromatic rings. The molecule has 0 atom stereocenters. The number of rotatable bonds is 3. The summed E-state index contributed by atoms with van der Waals surface area (Å²) in [6.45, 7) is 0.894. The third-order valence-electron chi connectivity index (χ3n) is 2.30. The Morgan fingerprint density at radius 2 is 2.27 bits per heavy atom. The summed E-state index contributed by atoms with van der Waals surface area (Å²) in [7, 11) is 1.82. The van der Waals surface area contributed by atoms with Crippen molar-refractivity contribution < 1.29 is 4.79 Å². The molecule has 0 aromatic carbocycles. The molecule has 1 aliphatic rings. The van der Waals surface area contributed by atoms with Crippen LogP contribution in [0.3, 0.4) is 0 Å². The molecular formula is C8H14ClNO. The van der Waals surface area contributed by atoms with Crippen LogP contribution in [0.25, 0.3) is 0 Å². The van der Waals surface area contributed by atoms with Crippen molar-refractivity contribution in [2.45, 2.75) is 19.3 Å². The van der Waals surface area contributed by atoms with Gasteiger partial charge in [-0.25, -0.2) is 0 Å². The Morgan fingerprint density at radius 3 is 2.64 bits per heavy atom. The van der Waals surface area contributed by atoms with E-state index in [1.165, 1.54) is 19.3 Å². The summed E-state index contributed by atoms with van der Waals surface area (Å²) in [6, 6.07) is 0. The molecule has 11 heavy (non-hydrogen) atoms. The molecule has 1 fully saturated rings. The summed E-state index contributed by atoms with van der Waals surface area (Å²) in [5.74, 6) is 0.897. The lowest BCUT2D eigenvalue weighted by molar-refractivity contribution is -0.128. The minimum atomic E-state index is 0.0403. The summed E-state index contributed by atoms with van der Waals surface area (Å²) < 4.78 is 0. The van der Waals surface area contributed by atoms with E-state index in [0.29, 0.717) is 0 Å². The van der Waals surface area contributed by atoms with E-state index < -0.39 is 0 Å². The zero-order chi connectivity index (χ0) is 8.27. The molecule has 1 amide bonds. The van der Waals surface area contributed by atoms with E-state index in [1.807, 2.05) is 7.05 Å². The number of carbonyl (C=O) groups excluding carboxylic acids is 1. The lowest BCUT2D eigenvalue weighted by Crippen LogP contribution is -2.34. The quantitative estimate of drug-likeness (QED) is 0.596. The van der Waals surface area contributed by atoms with Crippen LogP contribution in [-0.2, 0) is 4.79 Å². The van der Waals surface area contributed by atoms with E-state index in [0.717, 1.165) is 12.5 Å². The normalized spacial score (nSPS) is 17.6.